The average Bonchev–Trinajstić information content (AvgIpc) is 3.47. The van der Waals surface area contributed by atoms with E-state index in [-0.39, 0.29) is 31.1 Å². The SMILES string of the molecule is CCCCCCC/C=C\C/C=C\CCCCCCCCCCCCCCCCCC(=O)OCC(COC(=O)CCCCCCCCCCCCCC)OC(=O)CCCCCCCCCCCCCCCCCCCCCCCCCCC. The Morgan fingerprint density at radius 1 is 0.244 bits per heavy atom. The lowest BCUT2D eigenvalue weighted by molar-refractivity contribution is -0.167. The molecule has 6 heteroatoms. The Kier molecular flexibility index (Phi) is 69.5. The summed E-state index contributed by atoms with van der Waals surface area (Å²) >= 11 is 0. The second kappa shape index (κ2) is 71.4. The largest absolute Gasteiger partial charge is 0.462 e. The van der Waals surface area contributed by atoms with Gasteiger partial charge in [-0.15, -0.1) is 0 Å². The minimum atomic E-state index is -0.767. The Bertz CT molecular complexity index is 1320. The zero-order valence-electron chi connectivity index (χ0n) is 55.8. The summed E-state index contributed by atoms with van der Waals surface area (Å²) < 4.78 is 17.0. The van der Waals surface area contributed by atoms with Gasteiger partial charge in [-0.2, -0.15) is 0 Å². The van der Waals surface area contributed by atoms with E-state index in [2.05, 4.69) is 45.1 Å². The molecule has 1 atom stereocenters. The quantitative estimate of drug-likeness (QED) is 0.0261. The summed E-state index contributed by atoms with van der Waals surface area (Å²) in [5.41, 5.74) is 0. The van der Waals surface area contributed by atoms with Crippen LogP contribution in [0.1, 0.15) is 425 Å². The van der Waals surface area contributed by atoms with Crippen molar-refractivity contribution in [1.82, 2.24) is 0 Å². The number of esters is 3. The third-order valence-electron chi connectivity index (χ3n) is 17.2. The summed E-state index contributed by atoms with van der Waals surface area (Å²) in [5, 5.41) is 0. The van der Waals surface area contributed by atoms with E-state index in [4.69, 9.17) is 14.2 Å². The smallest absolute Gasteiger partial charge is 0.306 e. The molecule has 0 fully saturated rings. The number of hydrogen-bond acceptors (Lipinski definition) is 6. The van der Waals surface area contributed by atoms with E-state index < -0.39 is 6.10 Å². The molecule has 0 aliphatic carbocycles. The summed E-state index contributed by atoms with van der Waals surface area (Å²) in [5.74, 6) is -0.828. The summed E-state index contributed by atoms with van der Waals surface area (Å²) in [6.07, 6.45) is 88.0. The van der Waals surface area contributed by atoms with Gasteiger partial charge in [-0.25, -0.2) is 0 Å². The van der Waals surface area contributed by atoms with Crippen molar-refractivity contribution >= 4 is 17.9 Å². The van der Waals surface area contributed by atoms with Crippen LogP contribution in [0.15, 0.2) is 24.3 Å². The summed E-state index contributed by atoms with van der Waals surface area (Å²) in [6, 6.07) is 0. The third-order valence-corrected chi connectivity index (χ3v) is 17.2. The van der Waals surface area contributed by atoms with Crippen LogP contribution >= 0.6 is 0 Å². The Labute approximate surface area is 513 Å². The molecule has 0 rings (SSSR count). The molecule has 0 bridgehead atoms. The fraction of sp³-hybridized carbons (Fsp3) is 0.908. The van der Waals surface area contributed by atoms with Gasteiger partial charge in [0.15, 0.2) is 6.10 Å². The molecule has 0 aromatic carbocycles. The van der Waals surface area contributed by atoms with Gasteiger partial charge in [0.05, 0.1) is 0 Å². The molecule has 1 unspecified atom stereocenters. The molecule has 0 aliphatic heterocycles. The molecule has 0 saturated heterocycles. The molecule has 82 heavy (non-hydrogen) atoms. The number of carbonyl (C=O) groups excluding carboxylic acids is 3. The topological polar surface area (TPSA) is 78.9 Å². The van der Waals surface area contributed by atoms with Crippen molar-refractivity contribution in [3.05, 3.63) is 24.3 Å². The van der Waals surface area contributed by atoms with Crippen molar-refractivity contribution in [3.8, 4) is 0 Å². The Morgan fingerprint density at radius 3 is 0.671 bits per heavy atom. The lowest BCUT2D eigenvalue weighted by atomic mass is 10.0. The maximum atomic E-state index is 13.0. The highest BCUT2D eigenvalue weighted by Gasteiger charge is 2.20. The van der Waals surface area contributed by atoms with Gasteiger partial charge < -0.3 is 14.2 Å². The van der Waals surface area contributed by atoms with Crippen molar-refractivity contribution in [3.63, 3.8) is 0 Å². The van der Waals surface area contributed by atoms with Gasteiger partial charge in [0, 0.05) is 19.3 Å². The highest BCUT2D eigenvalue weighted by molar-refractivity contribution is 5.71. The van der Waals surface area contributed by atoms with Crippen LogP contribution in [0.5, 0.6) is 0 Å². The monoisotopic (exact) mass is 1150 g/mol. The molecule has 0 aromatic heterocycles. The van der Waals surface area contributed by atoms with Crippen LogP contribution in [0.3, 0.4) is 0 Å². The number of carbonyl (C=O) groups is 3. The minimum absolute atomic E-state index is 0.0636. The number of rotatable bonds is 70. The van der Waals surface area contributed by atoms with Gasteiger partial charge in [-0.1, -0.05) is 379 Å². The second-order valence-corrected chi connectivity index (χ2v) is 25.6. The Morgan fingerprint density at radius 2 is 0.439 bits per heavy atom. The zero-order chi connectivity index (χ0) is 59.2. The van der Waals surface area contributed by atoms with Gasteiger partial charge in [-0.05, 0) is 51.4 Å². The van der Waals surface area contributed by atoms with Gasteiger partial charge in [0.25, 0.3) is 0 Å². The number of ether oxygens (including phenoxy) is 3. The predicted molar refractivity (Wildman–Crippen MR) is 358 cm³/mol. The summed E-state index contributed by atoms with van der Waals surface area (Å²) in [7, 11) is 0. The van der Waals surface area contributed by atoms with E-state index >= 15 is 0 Å². The van der Waals surface area contributed by atoms with E-state index in [0.717, 1.165) is 64.2 Å². The molecule has 484 valence electrons. The fourth-order valence-electron chi connectivity index (χ4n) is 11.6. The molecular weight excluding hydrogens is 1010 g/mol. The maximum Gasteiger partial charge on any atom is 0.306 e. The molecule has 0 N–H and O–H groups in total. The first kappa shape index (κ1) is 79.9. The van der Waals surface area contributed by atoms with E-state index in [1.54, 1.807) is 0 Å². The first-order valence-electron chi connectivity index (χ1n) is 37.3. The predicted octanol–water partition coefficient (Wildman–Crippen LogP) is 25.7. The maximum absolute atomic E-state index is 13.0. The van der Waals surface area contributed by atoms with Crippen molar-refractivity contribution in [2.75, 3.05) is 13.2 Å². The summed E-state index contributed by atoms with van der Waals surface area (Å²) in [6.45, 7) is 6.72. The van der Waals surface area contributed by atoms with Crippen LogP contribution in [0.4, 0.5) is 0 Å². The lowest BCUT2D eigenvalue weighted by Gasteiger charge is -2.18. The zero-order valence-corrected chi connectivity index (χ0v) is 55.8. The van der Waals surface area contributed by atoms with E-state index in [9.17, 15) is 14.4 Å². The van der Waals surface area contributed by atoms with Crippen LogP contribution in [0.25, 0.3) is 0 Å². The second-order valence-electron chi connectivity index (χ2n) is 25.6. The normalized spacial score (nSPS) is 12.1. The molecule has 0 amide bonds. The van der Waals surface area contributed by atoms with Crippen LogP contribution in [-0.2, 0) is 28.6 Å². The van der Waals surface area contributed by atoms with Gasteiger partial charge in [0.1, 0.15) is 13.2 Å². The third kappa shape index (κ3) is 68.7. The van der Waals surface area contributed by atoms with E-state index in [1.165, 1.54) is 321 Å². The van der Waals surface area contributed by atoms with Crippen LogP contribution < -0.4 is 0 Å². The van der Waals surface area contributed by atoms with E-state index in [1.807, 2.05) is 0 Å². The highest BCUT2D eigenvalue weighted by Crippen LogP contribution is 2.19. The molecule has 0 saturated carbocycles. The Hall–Kier alpha value is -2.11. The van der Waals surface area contributed by atoms with Crippen LogP contribution in [0.2, 0.25) is 0 Å². The number of hydrogen-bond donors (Lipinski definition) is 0. The number of allylic oxidation sites excluding steroid dienone is 4. The highest BCUT2D eigenvalue weighted by atomic mass is 16.6. The van der Waals surface area contributed by atoms with Crippen molar-refractivity contribution in [2.45, 2.75) is 431 Å². The van der Waals surface area contributed by atoms with Gasteiger partial charge >= 0.3 is 17.9 Å². The minimum Gasteiger partial charge on any atom is -0.462 e. The van der Waals surface area contributed by atoms with Gasteiger partial charge in [0.2, 0.25) is 0 Å². The van der Waals surface area contributed by atoms with Crippen molar-refractivity contribution < 1.29 is 28.6 Å². The molecule has 0 heterocycles. The van der Waals surface area contributed by atoms with E-state index in [0.29, 0.717) is 19.3 Å². The molecule has 0 aliphatic rings. The fourth-order valence-corrected chi connectivity index (χ4v) is 11.6. The molecule has 0 spiro atoms. The number of unbranched alkanes of at least 4 members (excludes halogenated alkanes) is 55. The van der Waals surface area contributed by atoms with Crippen molar-refractivity contribution in [2.24, 2.45) is 0 Å². The van der Waals surface area contributed by atoms with Crippen LogP contribution in [-0.4, -0.2) is 37.2 Å². The molecule has 6 nitrogen and oxygen atoms in total. The molecular formula is C76H144O6. The standard InChI is InChI=1S/C76H144O6/c1-4-7-10-13-16-19-22-25-27-29-31-33-35-37-38-40-41-43-45-47-49-51-54-57-60-63-66-69-75(78)81-72-73(71-80-74(77)68-65-62-59-56-53-24-21-18-15-12-9-6-3)82-76(79)70-67-64-61-58-55-52-50-48-46-44-42-39-36-34-32-30-28-26-23-20-17-14-11-8-5-2/h22,25,29,31,73H,4-21,23-24,26-28,30,32-72H2,1-3H3/b25-22-,31-29-. The molecule has 0 aromatic rings. The van der Waals surface area contributed by atoms with Crippen LogP contribution in [0, 0.1) is 0 Å². The van der Waals surface area contributed by atoms with Crippen molar-refractivity contribution in [1.29, 1.82) is 0 Å². The average molecular weight is 1150 g/mol. The first-order valence-corrected chi connectivity index (χ1v) is 37.3. The lowest BCUT2D eigenvalue weighted by Crippen LogP contribution is -2.30. The first-order chi connectivity index (χ1) is 40.5. The molecule has 0 radical (unpaired) electrons. The van der Waals surface area contributed by atoms with Gasteiger partial charge in [-0.3, -0.25) is 14.4 Å². The Balaban J connectivity index is 4.16. The summed E-state index contributed by atoms with van der Waals surface area (Å²) in [4.78, 5) is 38.5.